The maximum Gasteiger partial charge on any atom is 0.244 e. The number of nitrogens with zero attached hydrogens (tertiary/aromatic N) is 2. The Labute approximate surface area is 235 Å². The molecule has 8 nitrogen and oxygen atoms in total. The summed E-state index contributed by atoms with van der Waals surface area (Å²) in [7, 11) is -3.84. The van der Waals surface area contributed by atoms with Gasteiger partial charge in [-0.25, -0.2) is 8.42 Å². The van der Waals surface area contributed by atoms with Gasteiger partial charge in [-0.2, -0.15) is 0 Å². The number of carbonyl (C=O) groups excluding carboxylic acids is 2. The van der Waals surface area contributed by atoms with Gasteiger partial charge in [-0.1, -0.05) is 49.0 Å². The highest BCUT2D eigenvalue weighted by atomic mass is 35.5. The van der Waals surface area contributed by atoms with E-state index in [0.717, 1.165) is 36.2 Å². The predicted molar refractivity (Wildman–Crippen MR) is 151 cm³/mol. The van der Waals surface area contributed by atoms with E-state index < -0.39 is 28.5 Å². The van der Waals surface area contributed by atoms with Crippen LogP contribution in [0.15, 0.2) is 42.5 Å². The minimum Gasteiger partial charge on any atom is -0.494 e. The molecule has 0 bridgehead atoms. The van der Waals surface area contributed by atoms with Crippen LogP contribution in [-0.2, 0) is 26.2 Å². The van der Waals surface area contributed by atoms with Crippen molar-refractivity contribution in [2.45, 2.75) is 64.6 Å². The fourth-order valence-corrected chi connectivity index (χ4v) is 6.00. The lowest BCUT2D eigenvalue weighted by atomic mass is 10.1. The van der Waals surface area contributed by atoms with Gasteiger partial charge >= 0.3 is 0 Å². The van der Waals surface area contributed by atoms with Gasteiger partial charge in [0, 0.05) is 28.2 Å². The standard InChI is InChI=1S/C27H35Cl2N3O5S/c1-4-25(27(34)30-19-9-6-7-10-19)31(17-22-23(28)11-8-12-24(22)29)26(33)18-32(38(3,35)36)20-13-15-21(16-14-20)37-5-2/h8,11-16,19,25H,4-7,9-10,17-18H2,1-3H3,(H,30,34)/t25-/m0/s1. The van der Waals surface area contributed by atoms with Crippen LogP contribution in [0.5, 0.6) is 5.75 Å². The van der Waals surface area contributed by atoms with Crippen molar-refractivity contribution >= 4 is 50.7 Å². The normalized spacial score (nSPS) is 14.7. The zero-order valence-electron chi connectivity index (χ0n) is 22.0. The second-order valence-corrected chi connectivity index (χ2v) is 12.1. The lowest BCUT2D eigenvalue weighted by Crippen LogP contribution is -2.53. The second kappa shape index (κ2) is 13.5. The van der Waals surface area contributed by atoms with E-state index in [2.05, 4.69) is 5.32 Å². The molecule has 1 aliphatic rings. The number of carbonyl (C=O) groups is 2. The molecule has 1 atom stereocenters. The van der Waals surface area contributed by atoms with Crippen molar-refractivity contribution in [1.29, 1.82) is 0 Å². The first-order valence-corrected chi connectivity index (χ1v) is 15.4. The number of halogens is 2. The van der Waals surface area contributed by atoms with Crippen LogP contribution in [0.1, 0.15) is 51.5 Å². The molecular formula is C27H35Cl2N3O5S. The van der Waals surface area contributed by atoms with Gasteiger partial charge in [0.05, 0.1) is 18.6 Å². The Bertz CT molecular complexity index is 1200. The zero-order valence-corrected chi connectivity index (χ0v) is 24.3. The van der Waals surface area contributed by atoms with E-state index in [4.69, 9.17) is 27.9 Å². The number of sulfonamides is 1. The van der Waals surface area contributed by atoms with Gasteiger partial charge in [0.15, 0.2) is 0 Å². The zero-order chi connectivity index (χ0) is 27.9. The van der Waals surface area contributed by atoms with E-state index >= 15 is 0 Å². The first kappa shape index (κ1) is 30.1. The van der Waals surface area contributed by atoms with Gasteiger partial charge in [-0.15, -0.1) is 0 Å². The first-order chi connectivity index (χ1) is 18.0. The minimum atomic E-state index is -3.84. The Morgan fingerprint density at radius 1 is 1.05 bits per heavy atom. The third kappa shape index (κ3) is 7.77. The van der Waals surface area contributed by atoms with Crippen LogP contribution >= 0.6 is 23.2 Å². The third-order valence-electron chi connectivity index (χ3n) is 6.59. The average Bonchev–Trinajstić information content (AvgIpc) is 3.37. The number of nitrogens with one attached hydrogen (secondary N) is 1. The van der Waals surface area contributed by atoms with Crippen LogP contribution in [0.25, 0.3) is 0 Å². The molecule has 0 unspecified atom stereocenters. The maximum absolute atomic E-state index is 13.8. The highest BCUT2D eigenvalue weighted by Gasteiger charge is 2.33. The number of ether oxygens (including phenoxy) is 1. The van der Waals surface area contributed by atoms with Gasteiger partial charge in [0.2, 0.25) is 21.8 Å². The molecule has 38 heavy (non-hydrogen) atoms. The number of rotatable bonds is 12. The van der Waals surface area contributed by atoms with Crippen LogP contribution < -0.4 is 14.4 Å². The lowest BCUT2D eigenvalue weighted by Gasteiger charge is -2.33. The number of anilines is 1. The fourth-order valence-electron chi connectivity index (χ4n) is 4.63. The number of benzene rings is 2. The summed E-state index contributed by atoms with van der Waals surface area (Å²) in [4.78, 5) is 28.6. The Hall–Kier alpha value is -2.49. The minimum absolute atomic E-state index is 0.0468. The summed E-state index contributed by atoms with van der Waals surface area (Å²) >= 11 is 12.8. The van der Waals surface area contributed by atoms with Gasteiger partial charge in [0.1, 0.15) is 18.3 Å². The molecule has 11 heteroatoms. The molecule has 0 spiro atoms. The molecule has 0 aliphatic heterocycles. The molecular weight excluding hydrogens is 549 g/mol. The average molecular weight is 585 g/mol. The van der Waals surface area contributed by atoms with Crippen LogP contribution in [0.4, 0.5) is 5.69 Å². The van der Waals surface area contributed by atoms with Crippen molar-refractivity contribution in [3.05, 3.63) is 58.1 Å². The van der Waals surface area contributed by atoms with Crippen molar-refractivity contribution < 1.29 is 22.7 Å². The van der Waals surface area contributed by atoms with Crippen molar-refractivity contribution in [3.8, 4) is 5.75 Å². The van der Waals surface area contributed by atoms with E-state index in [0.29, 0.717) is 40.1 Å². The van der Waals surface area contributed by atoms with E-state index in [1.165, 1.54) is 4.90 Å². The molecule has 0 saturated heterocycles. The summed E-state index contributed by atoms with van der Waals surface area (Å²) in [6, 6.07) is 10.7. The Morgan fingerprint density at radius 2 is 1.66 bits per heavy atom. The maximum atomic E-state index is 13.8. The molecule has 1 aliphatic carbocycles. The van der Waals surface area contributed by atoms with Crippen LogP contribution in [0.2, 0.25) is 10.0 Å². The first-order valence-electron chi connectivity index (χ1n) is 12.8. The summed E-state index contributed by atoms with van der Waals surface area (Å²) in [5, 5.41) is 3.78. The predicted octanol–water partition coefficient (Wildman–Crippen LogP) is 5.02. The molecule has 3 rings (SSSR count). The van der Waals surface area contributed by atoms with Gasteiger partial charge in [-0.05, 0) is 62.6 Å². The lowest BCUT2D eigenvalue weighted by molar-refractivity contribution is -0.140. The van der Waals surface area contributed by atoms with Crippen LogP contribution in [0.3, 0.4) is 0 Å². The fraction of sp³-hybridized carbons (Fsp3) is 0.481. The molecule has 1 N–H and O–H groups in total. The largest absolute Gasteiger partial charge is 0.494 e. The quantitative estimate of drug-likeness (QED) is 0.378. The van der Waals surface area contributed by atoms with E-state index in [1.54, 1.807) is 42.5 Å². The highest BCUT2D eigenvalue weighted by Crippen LogP contribution is 2.28. The third-order valence-corrected chi connectivity index (χ3v) is 8.44. The molecule has 1 fully saturated rings. The topological polar surface area (TPSA) is 96.0 Å². The molecule has 1 saturated carbocycles. The van der Waals surface area contributed by atoms with Gasteiger partial charge in [-0.3, -0.25) is 13.9 Å². The Kier molecular flexibility index (Phi) is 10.7. The summed E-state index contributed by atoms with van der Waals surface area (Å²) in [6.07, 6.45) is 5.25. The summed E-state index contributed by atoms with van der Waals surface area (Å²) in [6.45, 7) is 3.59. The Balaban J connectivity index is 1.94. The van der Waals surface area contributed by atoms with Crippen molar-refractivity contribution in [3.63, 3.8) is 0 Å². The second-order valence-electron chi connectivity index (χ2n) is 9.33. The van der Waals surface area contributed by atoms with Crippen molar-refractivity contribution in [2.24, 2.45) is 0 Å². The monoisotopic (exact) mass is 583 g/mol. The van der Waals surface area contributed by atoms with Crippen molar-refractivity contribution in [1.82, 2.24) is 10.2 Å². The van der Waals surface area contributed by atoms with E-state index in [1.807, 2.05) is 13.8 Å². The molecule has 0 heterocycles. The summed E-state index contributed by atoms with van der Waals surface area (Å²) in [5.41, 5.74) is 0.798. The van der Waals surface area contributed by atoms with Gasteiger partial charge in [0.25, 0.3) is 0 Å². The van der Waals surface area contributed by atoms with E-state index in [9.17, 15) is 18.0 Å². The molecule has 0 radical (unpaired) electrons. The smallest absolute Gasteiger partial charge is 0.244 e. The molecule has 0 aromatic heterocycles. The van der Waals surface area contributed by atoms with Crippen molar-refractivity contribution in [2.75, 3.05) is 23.7 Å². The van der Waals surface area contributed by atoms with Crippen LogP contribution in [-0.4, -0.2) is 56.6 Å². The summed E-state index contributed by atoms with van der Waals surface area (Å²) in [5.74, 6) is -0.239. The summed E-state index contributed by atoms with van der Waals surface area (Å²) < 4.78 is 32.0. The number of hydrogen-bond acceptors (Lipinski definition) is 5. The Morgan fingerprint density at radius 3 is 2.18 bits per heavy atom. The van der Waals surface area contributed by atoms with Gasteiger partial charge < -0.3 is 15.0 Å². The number of hydrogen-bond donors (Lipinski definition) is 1. The highest BCUT2D eigenvalue weighted by molar-refractivity contribution is 7.92. The molecule has 2 amide bonds. The van der Waals surface area contributed by atoms with Crippen LogP contribution in [0, 0.1) is 0 Å². The molecule has 2 aromatic rings. The SMILES string of the molecule is CCOc1ccc(N(CC(=O)N(Cc2c(Cl)cccc2Cl)[C@@H](CC)C(=O)NC2CCCC2)S(C)(=O)=O)cc1. The van der Waals surface area contributed by atoms with E-state index in [-0.39, 0.29) is 18.5 Å². The number of amides is 2. The molecule has 208 valence electrons. The molecule has 2 aromatic carbocycles.